The van der Waals surface area contributed by atoms with Gasteiger partial charge < -0.3 is 5.11 Å². The summed E-state index contributed by atoms with van der Waals surface area (Å²) in [6.45, 7) is 4.82. The van der Waals surface area contributed by atoms with Crippen molar-refractivity contribution in [3.63, 3.8) is 0 Å². The maximum absolute atomic E-state index is 13.8. The monoisotopic (exact) mass is 270 g/mol. The second-order valence-corrected chi connectivity index (χ2v) is 5.45. The van der Waals surface area contributed by atoms with E-state index in [9.17, 15) is 9.50 Å². The number of aliphatic hydroxyl groups excluding tert-OH is 1. The van der Waals surface area contributed by atoms with Gasteiger partial charge in [0.2, 0.25) is 0 Å². The van der Waals surface area contributed by atoms with Gasteiger partial charge in [0.25, 0.3) is 0 Å². The lowest BCUT2D eigenvalue weighted by Crippen LogP contribution is -2.62. The number of piperazine rings is 3. The molecule has 5 heteroatoms. The number of halogens is 2. The van der Waals surface area contributed by atoms with Gasteiger partial charge in [0.15, 0.2) is 0 Å². The molecular formula is C13H16ClFN2O. The number of fused-ring (bicyclic) bond motifs is 3. The van der Waals surface area contributed by atoms with Crippen molar-refractivity contribution in [3.05, 3.63) is 34.6 Å². The number of hydrogen-bond donors (Lipinski definition) is 1. The molecule has 2 bridgehead atoms. The fourth-order valence-electron chi connectivity index (χ4n) is 2.91. The van der Waals surface area contributed by atoms with Crippen LogP contribution in [-0.4, -0.2) is 53.7 Å². The van der Waals surface area contributed by atoms with E-state index in [0.717, 1.165) is 32.7 Å². The molecule has 1 N–H and O–H groups in total. The summed E-state index contributed by atoms with van der Waals surface area (Å²) in [5, 5.41) is 10.7. The van der Waals surface area contributed by atoms with Gasteiger partial charge >= 0.3 is 0 Å². The van der Waals surface area contributed by atoms with E-state index in [4.69, 9.17) is 11.6 Å². The first-order chi connectivity index (χ1) is 8.65. The Morgan fingerprint density at radius 1 is 1.28 bits per heavy atom. The van der Waals surface area contributed by atoms with Gasteiger partial charge in [-0.15, -0.1) is 0 Å². The van der Waals surface area contributed by atoms with E-state index < -0.39 is 11.9 Å². The quantitative estimate of drug-likeness (QED) is 0.883. The predicted octanol–water partition coefficient (Wildman–Crippen LogP) is 1.51. The van der Waals surface area contributed by atoms with Crippen molar-refractivity contribution < 1.29 is 9.50 Å². The van der Waals surface area contributed by atoms with E-state index in [1.54, 1.807) is 12.1 Å². The fourth-order valence-corrected chi connectivity index (χ4v) is 3.06. The summed E-state index contributed by atoms with van der Waals surface area (Å²) in [5.41, 5.74) is 0.346. The Labute approximate surface area is 111 Å². The van der Waals surface area contributed by atoms with Gasteiger partial charge in [-0.3, -0.25) is 9.80 Å². The lowest BCUT2D eigenvalue weighted by Gasteiger charge is -2.49. The van der Waals surface area contributed by atoms with Gasteiger partial charge in [-0.25, -0.2) is 4.39 Å². The lowest BCUT2D eigenvalue weighted by atomic mass is 9.96. The molecule has 98 valence electrons. The number of aliphatic hydroxyl groups is 1. The minimum atomic E-state index is -0.787. The molecule has 3 saturated heterocycles. The molecule has 3 aliphatic heterocycles. The van der Waals surface area contributed by atoms with Crippen molar-refractivity contribution in [2.75, 3.05) is 32.7 Å². The first-order valence-electron chi connectivity index (χ1n) is 6.24. The van der Waals surface area contributed by atoms with Crippen LogP contribution in [0.25, 0.3) is 0 Å². The average molecular weight is 271 g/mol. The molecule has 3 fully saturated rings. The fraction of sp³-hybridized carbons (Fsp3) is 0.538. The van der Waals surface area contributed by atoms with Crippen molar-refractivity contribution in [2.24, 2.45) is 0 Å². The van der Waals surface area contributed by atoms with Gasteiger partial charge in [0, 0.05) is 43.3 Å². The first kappa shape index (κ1) is 12.4. The molecule has 3 heterocycles. The molecule has 0 spiro atoms. The van der Waals surface area contributed by atoms with Crippen molar-refractivity contribution >= 4 is 11.6 Å². The zero-order chi connectivity index (χ0) is 12.7. The number of nitrogens with zero attached hydrogens (tertiary/aromatic N) is 2. The number of hydrogen-bond acceptors (Lipinski definition) is 3. The molecule has 18 heavy (non-hydrogen) atoms. The highest BCUT2D eigenvalue weighted by Gasteiger charge is 2.37. The molecule has 1 aromatic carbocycles. The van der Waals surface area contributed by atoms with Crippen LogP contribution in [-0.2, 0) is 0 Å². The topological polar surface area (TPSA) is 26.7 Å². The molecule has 4 rings (SSSR count). The Morgan fingerprint density at radius 3 is 2.56 bits per heavy atom. The zero-order valence-corrected chi connectivity index (χ0v) is 10.8. The maximum atomic E-state index is 13.8. The van der Waals surface area contributed by atoms with E-state index in [-0.39, 0.29) is 6.04 Å². The van der Waals surface area contributed by atoms with Crippen molar-refractivity contribution in [1.29, 1.82) is 0 Å². The molecule has 0 aliphatic carbocycles. The second kappa shape index (κ2) is 4.78. The average Bonchev–Trinajstić information content (AvgIpc) is 2.39. The van der Waals surface area contributed by atoms with Crippen LogP contribution in [0.15, 0.2) is 18.2 Å². The first-order valence-corrected chi connectivity index (χ1v) is 6.62. The highest BCUT2D eigenvalue weighted by Crippen LogP contribution is 2.29. The summed E-state index contributed by atoms with van der Waals surface area (Å²) in [5.74, 6) is -0.423. The van der Waals surface area contributed by atoms with Gasteiger partial charge in [0.1, 0.15) is 5.82 Å². The van der Waals surface area contributed by atoms with Gasteiger partial charge in [-0.2, -0.15) is 0 Å². The summed E-state index contributed by atoms with van der Waals surface area (Å²) in [6, 6.07) is 4.46. The molecular weight excluding hydrogens is 255 g/mol. The van der Waals surface area contributed by atoms with E-state index >= 15 is 0 Å². The third kappa shape index (κ3) is 2.14. The van der Waals surface area contributed by atoms with Crippen molar-refractivity contribution in [2.45, 2.75) is 12.1 Å². The summed E-state index contributed by atoms with van der Waals surface area (Å²) >= 11 is 5.73. The van der Waals surface area contributed by atoms with Crippen LogP contribution in [0.4, 0.5) is 4.39 Å². The normalized spacial score (nSPS) is 32.5. The molecule has 1 aromatic rings. The van der Waals surface area contributed by atoms with Crippen molar-refractivity contribution in [1.82, 2.24) is 9.80 Å². The van der Waals surface area contributed by atoms with E-state index in [1.165, 1.54) is 6.07 Å². The Bertz CT molecular complexity index is 449. The Hall–Kier alpha value is -0.680. The molecule has 2 unspecified atom stereocenters. The van der Waals surface area contributed by atoms with Crippen LogP contribution >= 0.6 is 11.6 Å². The summed E-state index contributed by atoms with van der Waals surface area (Å²) in [7, 11) is 0. The SMILES string of the molecule is OC(c1ccc(Cl)cc1F)C1CN2CCN1CC2. The van der Waals surface area contributed by atoms with Crippen molar-refractivity contribution in [3.8, 4) is 0 Å². The molecule has 0 radical (unpaired) electrons. The Balaban J connectivity index is 1.83. The third-order valence-corrected chi connectivity index (χ3v) is 4.20. The maximum Gasteiger partial charge on any atom is 0.130 e. The van der Waals surface area contributed by atoms with Crippen LogP contribution < -0.4 is 0 Å². The van der Waals surface area contributed by atoms with Crippen LogP contribution in [0.5, 0.6) is 0 Å². The molecule has 0 aromatic heterocycles. The Kier molecular flexibility index (Phi) is 3.28. The standard InChI is InChI=1S/C13H16ClFN2O/c14-9-1-2-10(11(15)7-9)13(18)12-8-16-3-5-17(12)6-4-16/h1-2,7,12-13,18H,3-6,8H2. The summed E-state index contributed by atoms with van der Waals surface area (Å²) < 4.78 is 13.8. The smallest absolute Gasteiger partial charge is 0.130 e. The van der Waals surface area contributed by atoms with Crippen LogP contribution in [0, 0.1) is 5.82 Å². The molecule has 0 amide bonds. The minimum absolute atomic E-state index is 0.0109. The minimum Gasteiger partial charge on any atom is -0.387 e. The Morgan fingerprint density at radius 2 is 2.00 bits per heavy atom. The van der Waals surface area contributed by atoms with Gasteiger partial charge in [0.05, 0.1) is 12.1 Å². The third-order valence-electron chi connectivity index (χ3n) is 3.97. The largest absolute Gasteiger partial charge is 0.387 e. The molecule has 3 aliphatic rings. The second-order valence-electron chi connectivity index (χ2n) is 5.01. The summed E-state index contributed by atoms with van der Waals surface area (Å²) in [4.78, 5) is 4.57. The van der Waals surface area contributed by atoms with Gasteiger partial charge in [-0.05, 0) is 12.1 Å². The zero-order valence-electron chi connectivity index (χ0n) is 10.0. The van der Waals surface area contributed by atoms with Gasteiger partial charge in [-0.1, -0.05) is 17.7 Å². The number of benzene rings is 1. The highest BCUT2D eigenvalue weighted by atomic mass is 35.5. The molecule has 2 atom stereocenters. The summed E-state index contributed by atoms with van der Waals surface area (Å²) in [6.07, 6.45) is -0.787. The van der Waals surface area contributed by atoms with E-state index in [2.05, 4.69) is 9.80 Å². The number of rotatable bonds is 2. The predicted molar refractivity (Wildman–Crippen MR) is 68.2 cm³/mol. The van der Waals surface area contributed by atoms with E-state index in [0.29, 0.717) is 10.6 Å². The van der Waals surface area contributed by atoms with Crippen LogP contribution in [0.1, 0.15) is 11.7 Å². The van der Waals surface area contributed by atoms with Crippen LogP contribution in [0.3, 0.4) is 0 Å². The molecule has 3 nitrogen and oxygen atoms in total. The highest BCUT2D eigenvalue weighted by molar-refractivity contribution is 6.30. The van der Waals surface area contributed by atoms with Crippen LogP contribution in [0.2, 0.25) is 5.02 Å². The lowest BCUT2D eigenvalue weighted by molar-refractivity contribution is -0.0479. The molecule has 0 saturated carbocycles. The van der Waals surface area contributed by atoms with E-state index in [1.807, 2.05) is 0 Å².